The lowest BCUT2D eigenvalue weighted by atomic mass is 10.2. The first kappa shape index (κ1) is 20.1. The van der Waals surface area contributed by atoms with Crippen molar-refractivity contribution in [2.45, 2.75) is 39.5 Å². The second-order valence-corrected chi connectivity index (χ2v) is 7.19. The van der Waals surface area contributed by atoms with Crippen molar-refractivity contribution >= 4 is 39.0 Å². The molecule has 0 spiro atoms. The Kier molecular flexibility index (Phi) is 7.19. The molecule has 2 aromatic heterocycles. The molecule has 0 aliphatic rings. The van der Waals surface area contributed by atoms with Crippen LogP contribution in [0.15, 0.2) is 36.0 Å². The summed E-state index contributed by atoms with van der Waals surface area (Å²) in [5.41, 5.74) is 1.34. The highest BCUT2D eigenvalue weighted by atomic mass is 32.1. The zero-order valence-electron chi connectivity index (χ0n) is 16.2. The van der Waals surface area contributed by atoms with Gasteiger partial charge in [-0.05, 0) is 37.6 Å². The van der Waals surface area contributed by atoms with Crippen LogP contribution in [0.2, 0.25) is 0 Å². The minimum absolute atomic E-state index is 0.326. The first-order valence-corrected chi connectivity index (χ1v) is 10.5. The Morgan fingerprint density at radius 1 is 1.11 bits per heavy atom. The van der Waals surface area contributed by atoms with Crippen LogP contribution in [-0.4, -0.2) is 29.2 Å². The number of ether oxygens (including phenoxy) is 2. The van der Waals surface area contributed by atoms with Crippen LogP contribution in [0, 0.1) is 0 Å². The summed E-state index contributed by atoms with van der Waals surface area (Å²) in [7, 11) is 0. The van der Waals surface area contributed by atoms with E-state index in [2.05, 4.69) is 22.2 Å². The largest absolute Gasteiger partial charge is 0.494 e. The number of aromatic nitrogens is 2. The van der Waals surface area contributed by atoms with Crippen molar-refractivity contribution in [3.63, 3.8) is 0 Å². The van der Waals surface area contributed by atoms with Crippen molar-refractivity contribution in [3.8, 4) is 5.75 Å². The lowest BCUT2D eigenvalue weighted by Gasteiger charge is -2.10. The van der Waals surface area contributed by atoms with E-state index >= 15 is 0 Å². The molecule has 0 aliphatic carbocycles. The van der Waals surface area contributed by atoms with Gasteiger partial charge in [0.05, 0.1) is 24.2 Å². The van der Waals surface area contributed by atoms with Gasteiger partial charge in [-0.15, -0.1) is 11.3 Å². The Balaban J connectivity index is 1.70. The summed E-state index contributed by atoms with van der Waals surface area (Å²) in [4.78, 5) is 21.5. The molecule has 0 bridgehead atoms. The van der Waals surface area contributed by atoms with Crippen molar-refractivity contribution < 1.29 is 14.3 Å². The fourth-order valence-corrected chi connectivity index (χ4v) is 3.70. The van der Waals surface area contributed by atoms with Crippen LogP contribution < -0.4 is 10.1 Å². The maximum Gasteiger partial charge on any atom is 0.339 e. The molecule has 1 aromatic carbocycles. The highest BCUT2D eigenvalue weighted by molar-refractivity contribution is 7.17. The maximum absolute atomic E-state index is 12.2. The van der Waals surface area contributed by atoms with E-state index in [-0.39, 0.29) is 5.97 Å². The number of nitrogens with zero attached hydrogens (tertiary/aromatic N) is 2. The predicted molar refractivity (Wildman–Crippen MR) is 113 cm³/mol. The highest BCUT2D eigenvalue weighted by Crippen LogP contribution is 2.31. The van der Waals surface area contributed by atoms with Crippen LogP contribution >= 0.6 is 11.3 Å². The van der Waals surface area contributed by atoms with Gasteiger partial charge >= 0.3 is 5.97 Å². The average molecular weight is 400 g/mol. The molecule has 0 unspecified atom stereocenters. The van der Waals surface area contributed by atoms with Crippen LogP contribution in [0.3, 0.4) is 0 Å². The second kappa shape index (κ2) is 10.0. The van der Waals surface area contributed by atoms with E-state index in [1.54, 1.807) is 12.3 Å². The van der Waals surface area contributed by atoms with Gasteiger partial charge in [0.2, 0.25) is 0 Å². The van der Waals surface area contributed by atoms with Crippen molar-refractivity contribution in [2.75, 3.05) is 18.5 Å². The zero-order valence-corrected chi connectivity index (χ0v) is 17.1. The minimum Gasteiger partial charge on any atom is -0.494 e. The van der Waals surface area contributed by atoms with Gasteiger partial charge in [-0.2, -0.15) is 0 Å². The molecule has 0 amide bonds. The fraction of sp³-hybridized carbons (Fsp3) is 0.381. The topological polar surface area (TPSA) is 73.3 Å². The summed E-state index contributed by atoms with van der Waals surface area (Å²) in [6, 6.07) is 7.73. The molecule has 0 fully saturated rings. The van der Waals surface area contributed by atoms with Gasteiger partial charge < -0.3 is 14.8 Å². The predicted octanol–water partition coefficient (Wildman–Crippen LogP) is 5.57. The molecule has 0 saturated carbocycles. The number of anilines is 2. The molecular weight excluding hydrogens is 374 g/mol. The summed E-state index contributed by atoms with van der Waals surface area (Å²) in [6.45, 7) is 5.04. The minimum atomic E-state index is -0.363. The molecule has 0 atom stereocenters. The molecule has 0 saturated heterocycles. The first-order chi connectivity index (χ1) is 13.7. The Morgan fingerprint density at radius 3 is 2.68 bits per heavy atom. The number of benzene rings is 1. The molecule has 3 rings (SSSR count). The molecular formula is C21H25N3O3S. The molecule has 28 heavy (non-hydrogen) atoms. The average Bonchev–Trinajstić information content (AvgIpc) is 3.15. The van der Waals surface area contributed by atoms with E-state index in [0.717, 1.165) is 29.3 Å². The number of carbonyl (C=O) groups excluding carboxylic acids is 1. The van der Waals surface area contributed by atoms with E-state index in [1.165, 1.54) is 36.9 Å². The number of hydrogen-bond donors (Lipinski definition) is 1. The third kappa shape index (κ3) is 4.98. The molecule has 2 heterocycles. The summed E-state index contributed by atoms with van der Waals surface area (Å²) in [5.74, 6) is 1.07. The van der Waals surface area contributed by atoms with Gasteiger partial charge in [0.15, 0.2) is 0 Å². The number of nitrogens with one attached hydrogen (secondary N) is 1. The van der Waals surface area contributed by atoms with Gasteiger partial charge in [0.1, 0.15) is 22.7 Å². The van der Waals surface area contributed by atoms with E-state index in [0.29, 0.717) is 23.4 Å². The summed E-state index contributed by atoms with van der Waals surface area (Å²) >= 11 is 1.40. The first-order valence-electron chi connectivity index (χ1n) is 9.62. The second-order valence-electron chi connectivity index (χ2n) is 6.33. The molecule has 0 aliphatic heterocycles. The van der Waals surface area contributed by atoms with Crippen LogP contribution in [0.25, 0.3) is 10.2 Å². The van der Waals surface area contributed by atoms with Gasteiger partial charge in [-0.1, -0.05) is 26.2 Å². The smallest absolute Gasteiger partial charge is 0.339 e. The molecule has 3 aromatic rings. The number of unbranched alkanes of at least 4 members (excludes halogenated alkanes) is 3. The Morgan fingerprint density at radius 2 is 1.93 bits per heavy atom. The van der Waals surface area contributed by atoms with Gasteiger partial charge in [0.25, 0.3) is 0 Å². The zero-order chi connectivity index (χ0) is 19.8. The molecule has 1 N–H and O–H groups in total. The Bertz CT molecular complexity index is 909. The number of hydrogen-bond acceptors (Lipinski definition) is 7. The fourth-order valence-electron chi connectivity index (χ4n) is 2.82. The third-order valence-electron chi connectivity index (χ3n) is 4.25. The van der Waals surface area contributed by atoms with Crippen molar-refractivity contribution in [1.29, 1.82) is 0 Å². The lowest BCUT2D eigenvalue weighted by molar-refractivity contribution is 0.0529. The number of thiophene rings is 1. The highest BCUT2D eigenvalue weighted by Gasteiger charge is 2.18. The summed E-state index contributed by atoms with van der Waals surface area (Å²) < 4.78 is 10.9. The Labute approximate surface area is 168 Å². The SMILES string of the molecule is CCCCCCOc1ccc(Nc2ncnc3scc(C(=O)OCC)c23)cc1. The van der Waals surface area contributed by atoms with E-state index < -0.39 is 0 Å². The lowest BCUT2D eigenvalue weighted by Crippen LogP contribution is -2.05. The Hall–Kier alpha value is -2.67. The van der Waals surface area contributed by atoms with Gasteiger partial charge in [-0.3, -0.25) is 0 Å². The number of esters is 1. The number of rotatable bonds is 10. The van der Waals surface area contributed by atoms with E-state index in [1.807, 2.05) is 24.3 Å². The van der Waals surface area contributed by atoms with E-state index in [4.69, 9.17) is 9.47 Å². The number of carbonyl (C=O) groups is 1. The number of fused-ring (bicyclic) bond motifs is 1. The molecule has 7 heteroatoms. The summed E-state index contributed by atoms with van der Waals surface area (Å²) in [6.07, 6.45) is 6.23. The monoisotopic (exact) mass is 399 g/mol. The normalized spacial score (nSPS) is 10.8. The van der Waals surface area contributed by atoms with Crippen LogP contribution in [-0.2, 0) is 4.74 Å². The molecule has 0 radical (unpaired) electrons. The van der Waals surface area contributed by atoms with Crippen molar-refractivity contribution in [1.82, 2.24) is 9.97 Å². The molecule has 148 valence electrons. The molecule has 6 nitrogen and oxygen atoms in total. The summed E-state index contributed by atoms with van der Waals surface area (Å²) in [5, 5.41) is 5.72. The third-order valence-corrected chi connectivity index (χ3v) is 5.14. The van der Waals surface area contributed by atoms with Crippen LogP contribution in [0.1, 0.15) is 49.9 Å². The van der Waals surface area contributed by atoms with Crippen molar-refractivity contribution in [3.05, 3.63) is 41.5 Å². The van der Waals surface area contributed by atoms with Gasteiger partial charge in [-0.25, -0.2) is 14.8 Å². The quantitative estimate of drug-likeness (QED) is 0.355. The van der Waals surface area contributed by atoms with Crippen LogP contribution in [0.4, 0.5) is 11.5 Å². The van der Waals surface area contributed by atoms with E-state index in [9.17, 15) is 4.79 Å². The van der Waals surface area contributed by atoms with Gasteiger partial charge in [0, 0.05) is 11.1 Å². The standard InChI is InChI=1S/C21H25N3O3S/c1-3-5-6-7-12-27-16-10-8-15(9-11-16)24-19-18-17(21(25)26-4-2)13-28-20(18)23-14-22-19/h8-11,13-14H,3-7,12H2,1-2H3,(H,22,23,24). The van der Waals surface area contributed by atoms with Crippen LogP contribution in [0.5, 0.6) is 5.75 Å². The van der Waals surface area contributed by atoms with Crippen molar-refractivity contribution in [2.24, 2.45) is 0 Å². The maximum atomic E-state index is 12.2.